The van der Waals surface area contributed by atoms with Gasteiger partial charge in [-0.15, -0.1) is 0 Å². The first-order valence-corrected chi connectivity index (χ1v) is 6.83. The van der Waals surface area contributed by atoms with Crippen LogP contribution in [0.15, 0.2) is 5.16 Å². The molecule has 3 aliphatic rings. The standard InChI is InChI=1S/C13H21NO3/c1-2-11-7-10(1)8-12(9-11)15-5-6-16-13-3-4-17-14-13/h10-12H,1-9H2/t10-,11+,12?. The van der Waals surface area contributed by atoms with Gasteiger partial charge in [-0.3, -0.25) is 0 Å². The molecule has 17 heavy (non-hydrogen) atoms. The van der Waals surface area contributed by atoms with Crippen molar-refractivity contribution in [3.8, 4) is 0 Å². The summed E-state index contributed by atoms with van der Waals surface area (Å²) in [6.45, 7) is 1.94. The first-order chi connectivity index (χ1) is 8.40. The third-order valence-electron chi connectivity index (χ3n) is 4.12. The van der Waals surface area contributed by atoms with Crippen molar-refractivity contribution < 1.29 is 14.3 Å². The van der Waals surface area contributed by atoms with Crippen LogP contribution in [0.5, 0.6) is 0 Å². The van der Waals surface area contributed by atoms with E-state index in [2.05, 4.69) is 5.16 Å². The average Bonchev–Trinajstić information content (AvgIpc) is 2.95. The van der Waals surface area contributed by atoms with Gasteiger partial charge in [-0.25, -0.2) is 0 Å². The smallest absolute Gasteiger partial charge is 0.229 e. The summed E-state index contributed by atoms with van der Waals surface area (Å²) in [4.78, 5) is 4.86. The molecular weight excluding hydrogens is 218 g/mol. The predicted octanol–water partition coefficient (Wildman–Crippen LogP) is 2.33. The van der Waals surface area contributed by atoms with E-state index < -0.39 is 0 Å². The number of rotatable bonds is 4. The van der Waals surface area contributed by atoms with Crippen molar-refractivity contribution in [1.82, 2.24) is 0 Å². The summed E-state index contributed by atoms with van der Waals surface area (Å²) in [5, 5.41) is 3.79. The van der Waals surface area contributed by atoms with E-state index in [1.54, 1.807) is 0 Å². The van der Waals surface area contributed by atoms with Gasteiger partial charge in [0.15, 0.2) is 0 Å². The van der Waals surface area contributed by atoms with Crippen LogP contribution in [0.3, 0.4) is 0 Å². The van der Waals surface area contributed by atoms with Crippen molar-refractivity contribution in [2.45, 2.75) is 44.6 Å². The maximum Gasteiger partial charge on any atom is 0.229 e. The van der Waals surface area contributed by atoms with Crippen LogP contribution in [0.2, 0.25) is 0 Å². The summed E-state index contributed by atoms with van der Waals surface area (Å²) in [6.07, 6.45) is 8.11. The summed E-state index contributed by atoms with van der Waals surface area (Å²) in [5.74, 6) is 2.59. The minimum atomic E-state index is 0.478. The maximum absolute atomic E-state index is 5.90. The number of nitrogens with zero attached hydrogens (tertiary/aromatic N) is 1. The van der Waals surface area contributed by atoms with Crippen LogP contribution >= 0.6 is 0 Å². The van der Waals surface area contributed by atoms with Crippen molar-refractivity contribution in [3.63, 3.8) is 0 Å². The third kappa shape index (κ3) is 2.92. The predicted molar refractivity (Wildman–Crippen MR) is 63.8 cm³/mol. The highest BCUT2D eigenvalue weighted by Gasteiger charge is 2.34. The van der Waals surface area contributed by atoms with E-state index in [0.29, 0.717) is 25.9 Å². The van der Waals surface area contributed by atoms with Gasteiger partial charge < -0.3 is 14.3 Å². The van der Waals surface area contributed by atoms with Gasteiger partial charge in [0.25, 0.3) is 0 Å². The van der Waals surface area contributed by atoms with Gasteiger partial charge in [0.05, 0.1) is 19.1 Å². The highest BCUT2D eigenvalue weighted by Crippen LogP contribution is 2.42. The lowest BCUT2D eigenvalue weighted by Crippen LogP contribution is -2.25. The number of ether oxygens (including phenoxy) is 2. The highest BCUT2D eigenvalue weighted by atomic mass is 16.7. The molecule has 1 heterocycles. The van der Waals surface area contributed by atoms with E-state index in [-0.39, 0.29) is 0 Å². The first kappa shape index (κ1) is 11.3. The Hall–Kier alpha value is -0.770. The molecule has 2 saturated carbocycles. The van der Waals surface area contributed by atoms with Crippen LogP contribution in [0.25, 0.3) is 0 Å². The molecule has 0 aromatic heterocycles. The number of oxime groups is 1. The normalized spacial score (nSPS) is 35.5. The Balaban J connectivity index is 1.32. The molecule has 1 unspecified atom stereocenters. The molecular formula is C13H21NO3. The Morgan fingerprint density at radius 2 is 1.94 bits per heavy atom. The Morgan fingerprint density at radius 3 is 2.65 bits per heavy atom. The SMILES string of the molecule is C1CC(OCCOC2C[C@H]3CC[C@@H](C2)C3)=NO1. The van der Waals surface area contributed by atoms with Gasteiger partial charge in [-0.05, 0) is 31.1 Å². The Kier molecular flexibility index (Phi) is 3.50. The van der Waals surface area contributed by atoms with E-state index in [4.69, 9.17) is 14.3 Å². The van der Waals surface area contributed by atoms with E-state index >= 15 is 0 Å². The molecule has 96 valence electrons. The lowest BCUT2D eigenvalue weighted by molar-refractivity contribution is -0.00502. The molecule has 2 bridgehead atoms. The molecule has 4 heteroatoms. The van der Waals surface area contributed by atoms with Crippen LogP contribution in [0, 0.1) is 11.8 Å². The summed E-state index contributed by atoms with van der Waals surface area (Å²) in [7, 11) is 0. The minimum Gasteiger partial charge on any atom is -0.476 e. The Bertz CT molecular complexity index is 280. The van der Waals surface area contributed by atoms with Gasteiger partial charge >= 0.3 is 0 Å². The third-order valence-corrected chi connectivity index (χ3v) is 4.12. The zero-order valence-electron chi connectivity index (χ0n) is 10.3. The van der Waals surface area contributed by atoms with Crippen molar-refractivity contribution in [1.29, 1.82) is 0 Å². The Labute approximate surface area is 102 Å². The molecule has 2 fully saturated rings. The van der Waals surface area contributed by atoms with Crippen LogP contribution in [0.1, 0.15) is 38.5 Å². The maximum atomic E-state index is 5.90. The molecule has 0 saturated heterocycles. The minimum absolute atomic E-state index is 0.478. The van der Waals surface area contributed by atoms with E-state index in [1.807, 2.05) is 0 Å². The molecule has 0 amide bonds. The highest BCUT2D eigenvalue weighted by molar-refractivity contribution is 5.76. The van der Waals surface area contributed by atoms with E-state index in [1.165, 1.54) is 32.1 Å². The second kappa shape index (κ2) is 5.25. The van der Waals surface area contributed by atoms with E-state index in [9.17, 15) is 0 Å². The molecule has 3 atom stereocenters. The lowest BCUT2D eigenvalue weighted by Gasteiger charge is -2.27. The number of fused-ring (bicyclic) bond motifs is 2. The summed E-state index contributed by atoms with van der Waals surface area (Å²) >= 11 is 0. The number of hydrogen-bond donors (Lipinski definition) is 0. The second-order valence-electron chi connectivity index (χ2n) is 5.43. The molecule has 0 aromatic rings. The Morgan fingerprint density at radius 1 is 1.12 bits per heavy atom. The molecule has 4 nitrogen and oxygen atoms in total. The largest absolute Gasteiger partial charge is 0.476 e. The number of hydrogen-bond acceptors (Lipinski definition) is 4. The van der Waals surface area contributed by atoms with Crippen LogP contribution < -0.4 is 0 Å². The fourth-order valence-corrected chi connectivity index (χ4v) is 3.35. The van der Waals surface area contributed by atoms with Gasteiger partial charge in [-0.1, -0.05) is 18.0 Å². The second-order valence-corrected chi connectivity index (χ2v) is 5.43. The summed E-state index contributed by atoms with van der Waals surface area (Å²) in [5.41, 5.74) is 0. The van der Waals surface area contributed by atoms with Crippen molar-refractivity contribution in [2.75, 3.05) is 19.8 Å². The fraction of sp³-hybridized carbons (Fsp3) is 0.923. The quantitative estimate of drug-likeness (QED) is 0.707. The summed E-state index contributed by atoms with van der Waals surface area (Å²) in [6, 6.07) is 0. The van der Waals surface area contributed by atoms with Crippen LogP contribution in [-0.4, -0.2) is 31.8 Å². The van der Waals surface area contributed by atoms with Crippen molar-refractivity contribution in [2.24, 2.45) is 17.0 Å². The van der Waals surface area contributed by atoms with Gasteiger partial charge in [0.2, 0.25) is 5.90 Å². The molecule has 0 N–H and O–H groups in total. The topological polar surface area (TPSA) is 40.0 Å². The molecule has 2 aliphatic carbocycles. The molecule has 1 aliphatic heterocycles. The van der Waals surface area contributed by atoms with E-state index in [0.717, 1.165) is 24.2 Å². The summed E-state index contributed by atoms with van der Waals surface area (Å²) < 4.78 is 11.4. The van der Waals surface area contributed by atoms with Crippen molar-refractivity contribution in [3.05, 3.63) is 0 Å². The monoisotopic (exact) mass is 239 g/mol. The zero-order valence-corrected chi connectivity index (χ0v) is 10.3. The lowest BCUT2D eigenvalue weighted by atomic mass is 9.87. The van der Waals surface area contributed by atoms with Crippen LogP contribution in [0.4, 0.5) is 0 Å². The average molecular weight is 239 g/mol. The van der Waals surface area contributed by atoms with Gasteiger partial charge in [-0.2, -0.15) is 0 Å². The van der Waals surface area contributed by atoms with Crippen LogP contribution in [-0.2, 0) is 14.3 Å². The molecule has 0 aromatic carbocycles. The van der Waals surface area contributed by atoms with Gasteiger partial charge in [0.1, 0.15) is 13.2 Å². The molecule has 0 spiro atoms. The zero-order chi connectivity index (χ0) is 11.5. The first-order valence-electron chi connectivity index (χ1n) is 6.83. The van der Waals surface area contributed by atoms with Crippen molar-refractivity contribution >= 4 is 5.90 Å². The fourth-order valence-electron chi connectivity index (χ4n) is 3.35. The van der Waals surface area contributed by atoms with Gasteiger partial charge in [0, 0.05) is 0 Å². The molecule has 3 rings (SSSR count). The molecule has 0 radical (unpaired) electrons.